The van der Waals surface area contributed by atoms with Crippen molar-refractivity contribution in [3.63, 3.8) is 0 Å². The fourth-order valence-corrected chi connectivity index (χ4v) is 2.26. The molecule has 0 saturated carbocycles. The summed E-state index contributed by atoms with van der Waals surface area (Å²) in [6.45, 7) is 12.9. The van der Waals surface area contributed by atoms with Gasteiger partial charge in [-0.05, 0) is 19.3 Å². The third-order valence-corrected chi connectivity index (χ3v) is 3.70. The fourth-order valence-electron chi connectivity index (χ4n) is 2.26. The smallest absolute Gasteiger partial charge is 0.240 e. The second-order valence-corrected chi connectivity index (χ2v) is 7.17. The first-order valence-corrected chi connectivity index (χ1v) is 7.67. The molecule has 1 rings (SSSR count). The number of halogens is 2. The first-order valence-electron chi connectivity index (χ1n) is 7.67. The number of hydrogen-bond acceptors (Lipinski definition) is 4. The Balaban J connectivity index is 0. The molecule has 0 spiro atoms. The lowest BCUT2D eigenvalue weighted by Gasteiger charge is -2.38. The molecule has 0 aromatic rings. The molecule has 23 heavy (non-hydrogen) atoms. The minimum Gasteiger partial charge on any atom is -0.353 e. The highest BCUT2D eigenvalue weighted by Crippen LogP contribution is 2.19. The van der Waals surface area contributed by atoms with Gasteiger partial charge in [0.1, 0.15) is 0 Å². The van der Waals surface area contributed by atoms with Crippen molar-refractivity contribution in [1.29, 1.82) is 0 Å². The summed E-state index contributed by atoms with van der Waals surface area (Å²) in [5, 5.41) is 2.88. The van der Waals surface area contributed by atoms with Gasteiger partial charge in [-0.3, -0.25) is 14.5 Å². The number of nitrogens with zero attached hydrogens (tertiary/aromatic N) is 2. The van der Waals surface area contributed by atoms with Gasteiger partial charge >= 0.3 is 0 Å². The average molecular weight is 371 g/mol. The molecular formula is C15H32Cl2N4O2. The van der Waals surface area contributed by atoms with Crippen molar-refractivity contribution in [2.24, 2.45) is 11.1 Å². The molecule has 8 heteroatoms. The molecule has 1 atom stereocenters. The third kappa shape index (κ3) is 8.20. The molecule has 1 fully saturated rings. The van der Waals surface area contributed by atoms with Crippen molar-refractivity contribution >= 4 is 36.6 Å². The summed E-state index contributed by atoms with van der Waals surface area (Å²) in [7, 11) is 0. The molecular weight excluding hydrogens is 339 g/mol. The van der Waals surface area contributed by atoms with Gasteiger partial charge in [0.2, 0.25) is 11.8 Å². The number of nitrogens with one attached hydrogen (secondary N) is 1. The Kier molecular flexibility index (Phi) is 11.1. The van der Waals surface area contributed by atoms with Gasteiger partial charge in [-0.2, -0.15) is 0 Å². The predicted molar refractivity (Wildman–Crippen MR) is 98.2 cm³/mol. The van der Waals surface area contributed by atoms with Crippen molar-refractivity contribution < 1.29 is 9.59 Å². The molecule has 0 aromatic heterocycles. The van der Waals surface area contributed by atoms with Gasteiger partial charge < -0.3 is 16.0 Å². The summed E-state index contributed by atoms with van der Waals surface area (Å²) >= 11 is 0. The summed E-state index contributed by atoms with van der Waals surface area (Å²) in [5.74, 6) is 0.0463. The van der Waals surface area contributed by atoms with Crippen LogP contribution in [0.5, 0.6) is 0 Å². The maximum absolute atomic E-state index is 12.3. The zero-order valence-electron chi connectivity index (χ0n) is 14.8. The van der Waals surface area contributed by atoms with Gasteiger partial charge in [0, 0.05) is 32.2 Å². The van der Waals surface area contributed by atoms with Crippen LogP contribution in [0.15, 0.2) is 0 Å². The molecule has 0 aliphatic carbocycles. The fraction of sp³-hybridized carbons (Fsp3) is 0.867. The van der Waals surface area contributed by atoms with Crippen LogP contribution >= 0.6 is 24.8 Å². The predicted octanol–water partition coefficient (Wildman–Crippen LogP) is 0.872. The highest BCUT2D eigenvalue weighted by molar-refractivity contribution is 5.85. The second kappa shape index (κ2) is 10.3. The van der Waals surface area contributed by atoms with Gasteiger partial charge in [-0.1, -0.05) is 20.8 Å². The summed E-state index contributed by atoms with van der Waals surface area (Å²) < 4.78 is 0. The van der Waals surface area contributed by atoms with E-state index in [2.05, 4.69) is 10.2 Å². The van der Waals surface area contributed by atoms with Crippen molar-refractivity contribution in [2.75, 3.05) is 32.7 Å². The number of carbonyl (C=O) groups is 2. The largest absolute Gasteiger partial charge is 0.353 e. The molecule has 0 radical (unpaired) electrons. The normalized spacial score (nSPS) is 17.1. The van der Waals surface area contributed by atoms with Crippen LogP contribution in [0, 0.1) is 5.41 Å². The first kappa shape index (κ1) is 24.7. The van der Waals surface area contributed by atoms with E-state index in [1.54, 1.807) is 0 Å². The Morgan fingerprint density at radius 2 is 1.57 bits per heavy atom. The molecule has 6 nitrogen and oxygen atoms in total. The van der Waals surface area contributed by atoms with Gasteiger partial charge in [0.05, 0.1) is 12.6 Å². The summed E-state index contributed by atoms with van der Waals surface area (Å²) in [6, 6.07) is -0.321. The van der Waals surface area contributed by atoms with Crippen LogP contribution in [0.1, 0.15) is 34.6 Å². The topological polar surface area (TPSA) is 78.7 Å². The van der Waals surface area contributed by atoms with Crippen LogP contribution in [0.2, 0.25) is 0 Å². The van der Waals surface area contributed by atoms with Crippen LogP contribution in [-0.4, -0.2) is 66.4 Å². The SMILES string of the molecule is CC(C)NC(=O)CN1CCN(C(=O)[C@@H](N)C(C)(C)C)CC1.Cl.Cl. The quantitative estimate of drug-likeness (QED) is 0.769. The van der Waals surface area contributed by atoms with Gasteiger partial charge in [0.15, 0.2) is 0 Å². The minimum absolute atomic E-state index is 0. The standard InChI is InChI=1S/C15H30N4O2.2ClH/c1-11(2)17-12(20)10-18-6-8-19(9-7-18)14(21)13(16)15(3,4)5;;/h11,13H,6-10,16H2,1-5H3,(H,17,20);2*1H/t13-;;/m1../s1. The Bertz CT molecular complexity index is 378. The van der Waals surface area contributed by atoms with Crippen LogP contribution in [-0.2, 0) is 9.59 Å². The van der Waals surface area contributed by atoms with E-state index in [0.717, 1.165) is 0 Å². The van der Waals surface area contributed by atoms with E-state index in [1.807, 2.05) is 39.5 Å². The monoisotopic (exact) mass is 370 g/mol. The highest BCUT2D eigenvalue weighted by atomic mass is 35.5. The molecule has 1 aliphatic heterocycles. The molecule has 138 valence electrons. The summed E-state index contributed by atoms with van der Waals surface area (Å²) in [6.07, 6.45) is 0. The Labute approximate surface area is 152 Å². The van der Waals surface area contributed by atoms with Crippen LogP contribution in [0.25, 0.3) is 0 Å². The summed E-state index contributed by atoms with van der Waals surface area (Å²) in [4.78, 5) is 27.9. The van der Waals surface area contributed by atoms with Crippen molar-refractivity contribution in [3.05, 3.63) is 0 Å². The van der Waals surface area contributed by atoms with Crippen molar-refractivity contribution in [3.8, 4) is 0 Å². The van der Waals surface area contributed by atoms with Crippen molar-refractivity contribution in [1.82, 2.24) is 15.1 Å². The maximum Gasteiger partial charge on any atom is 0.240 e. The van der Waals surface area contributed by atoms with E-state index in [1.165, 1.54) is 0 Å². The maximum atomic E-state index is 12.3. The first-order chi connectivity index (χ1) is 9.61. The molecule has 0 bridgehead atoms. The molecule has 1 saturated heterocycles. The van der Waals surface area contributed by atoms with Crippen molar-refractivity contribution in [2.45, 2.75) is 46.7 Å². The summed E-state index contributed by atoms with van der Waals surface area (Å²) in [5.41, 5.74) is 5.80. The number of carbonyl (C=O) groups excluding carboxylic acids is 2. The van der Waals surface area contributed by atoms with Gasteiger partial charge in [-0.15, -0.1) is 24.8 Å². The molecule has 3 N–H and O–H groups in total. The van der Waals surface area contributed by atoms with Crippen LogP contribution in [0.4, 0.5) is 0 Å². The zero-order chi connectivity index (χ0) is 16.2. The van der Waals surface area contributed by atoms with E-state index < -0.39 is 6.04 Å². The van der Waals surface area contributed by atoms with E-state index in [-0.39, 0.29) is 48.1 Å². The van der Waals surface area contributed by atoms with Crippen LogP contribution in [0.3, 0.4) is 0 Å². The molecule has 0 unspecified atom stereocenters. The second-order valence-electron chi connectivity index (χ2n) is 7.17. The Morgan fingerprint density at radius 1 is 1.09 bits per heavy atom. The van der Waals surface area contributed by atoms with E-state index >= 15 is 0 Å². The number of rotatable bonds is 4. The van der Waals surface area contributed by atoms with E-state index in [4.69, 9.17) is 5.73 Å². The number of nitrogens with two attached hydrogens (primary N) is 1. The Morgan fingerprint density at radius 3 is 1.96 bits per heavy atom. The molecule has 1 heterocycles. The average Bonchev–Trinajstić information content (AvgIpc) is 2.35. The highest BCUT2D eigenvalue weighted by Gasteiger charge is 2.32. The Hall–Kier alpha value is -0.560. The minimum atomic E-state index is -0.478. The van der Waals surface area contributed by atoms with Gasteiger partial charge in [0.25, 0.3) is 0 Å². The molecule has 1 aliphatic rings. The lowest BCUT2D eigenvalue weighted by Crippen LogP contribution is -2.57. The van der Waals surface area contributed by atoms with Gasteiger partial charge in [-0.25, -0.2) is 0 Å². The third-order valence-electron chi connectivity index (χ3n) is 3.70. The number of piperazine rings is 1. The number of hydrogen-bond donors (Lipinski definition) is 2. The zero-order valence-corrected chi connectivity index (χ0v) is 16.4. The van der Waals surface area contributed by atoms with E-state index in [9.17, 15) is 9.59 Å². The number of amides is 2. The molecule has 0 aromatic carbocycles. The lowest BCUT2D eigenvalue weighted by molar-refractivity contribution is -0.136. The van der Waals surface area contributed by atoms with E-state index in [0.29, 0.717) is 32.7 Å². The lowest BCUT2D eigenvalue weighted by atomic mass is 9.86. The van der Waals surface area contributed by atoms with Crippen LogP contribution < -0.4 is 11.1 Å². The molecule has 2 amide bonds.